The minimum atomic E-state index is -0.426. The summed E-state index contributed by atoms with van der Waals surface area (Å²) in [5.41, 5.74) is 8.09. The summed E-state index contributed by atoms with van der Waals surface area (Å²) < 4.78 is 0. The number of halogens is 1. The quantitative estimate of drug-likeness (QED) is 0.610. The third-order valence-electron chi connectivity index (χ3n) is 4.66. The van der Waals surface area contributed by atoms with Crippen LogP contribution in [0.5, 0.6) is 0 Å². The van der Waals surface area contributed by atoms with Gasteiger partial charge >= 0.3 is 0 Å². The number of hydrogen-bond acceptors (Lipinski definition) is 3. The number of carbonyl (C=O) groups excluding carboxylic acids is 2. The molecular weight excluding hydrogens is 372 g/mol. The van der Waals surface area contributed by atoms with Crippen LogP contribution >= 0.6 is 11.6 Å². The van der Waals surface area contributed by atoms with E-state index in [4.69, 9.17) is 17.3 Å². The average molecular weight is 399 g/mol. The molecule has 1 amide bonds. The van der Waals surface area contributed by atoms with Crippen LogP contribution in [0.25, 0.3) is 0 Å². The number of hydrogen-bond donors (Lipinski definition) is 1. The first kappa shape index (κ1) is 21.9. The zero-order valence-electron chi connectivity index (χ0n) is 16.2. The van der Waals surface area contributed by atoms with Crippen LogP contribution < -0.4 is 5.73 Å². The number of rotatable bonds is 10. The van der Waals surface area contributed by atoms with E-state index < -0.39 is 5.92 Å². The molecule has 0 bridgehead atoms. The fourth-order valence-corrected chi connectivity index (χ4v) is 3.28. The summed E-state index contributed by atoms with van der Waals surface area (Å²) in [5.74, 6) is -0.496. The number of likely N-dealkylation sites (N-methyl/N-ethyl adjacent to an activating group) is 1. The molecule has 148 valence electrons. The largest absolute Gasteiger partial charge is 0.344 e. The van der Waals surface area contributed by atoms with Gasteiger partial charge < -0.3 is 10.6 Å². The smallest absolute Gasteiger partial charge is 0.226 e. The summed E-state index contributed by atoms with van der Waals surface area (Å²) in [6.07, 6.45) is 2.60. The fourth-order valence-electron chi connectivity index (χ4n) is 3.15. The van der Waals surface area contributed by atoms with Crippen molar-refractivity contribution < 1.29 is 9.59 Å². The second kappa shape index (κ2) is 10.8. The number of ketones is 1. The molecule has 2 aromatic rings. The fraction of sp³-hybridized carbons (Fsp3) is 0.304. The van der Waals surface area contributed by atoms with E-state index in [1.165, 1.54) is 0 Å². The first-order valence-electron chi connectivity index (χ1n) is 9.33. The van der Waals surface area contributed by atoms with E-state index in [-0.39, 0.29) is 30.6 Å². The monoisotopic (exact) mass is 398 g/mol. The Kier molecular flexibility index (Phi) is 8.42. The lowest BCUT2D eigenvalue weighted by atomic mass is 9.94. The molecule has 0 aromatic heterocycles. The maximum atomic E-state index is 12.9. The van der Waals surface area contributed by atoms with Crippen LogP contribution in [0.1, 0.15) is 30.0 Å². The highest BCUT2D eigenvalue weighted by Crippen LogP contribution is 2.18. The molecule has 2 N–H and O–H groups in total. The van der Waals surface area contributed by atoms with Gasteiger partial charge in [0.05, 0.1) is 0 Å². The Morgan fingerprint density at radius 2 is 1.79 bits per heavy atom. The van der Waals surface area contributed by atoms with E-state index in [0.29, 0.717) is 18.0 Å². The molecule has 28 heavy (non-hydrogen) atoms. The van der Waals surface area contributed by atoms with Gasteiger partial charge in [-0.05, 0) is 29.7 Å². The molecule has 0 unspecified atom stereocenters. The van der Waals surface area contributed by atoms with Crippen molar-refractivity contribution in [3.63, 3.8) is 0 Å². The highest BCUT2D eigenvalue weighted by molar-refractivity contribution is 6.30. The van der Waals surface area contributed by atoms with Gasteiger partial charge in [0, 0.05) is 43.4 Å². The summed E-state index contributed by atoms with van der Waals surface area (Å²) in [5, 5.41) is 0.632. The van der Waals surface area contributed by atoms with Crippen molar-refractivity contribution in [3.8, 4) is 0 Å². The summed E-state index contributed by atoms with van der Waals surface area (Å²) in [6.45, 7) is 4.12. The SMILES string of the molecule is C=CC[C@@H](CC(=O)Cc1ccc(Cl)cc1)C(=O)N(C)C[C@@H](N)c1ccccc1. The Labute approximate surface area is 172 Å². The molecule has 2 rings (SSSR count). The number of Topliss-reactive ketones (excluding diaryl/α,β-unsaturated/α-hetero) is 1. The molecule has 0 aliphatic heterocycles. The van der Waals surface area contributed by atoms with Crippen molar-refractivity contribution in [2.45, 2.75) is 25.3 Å². The molecule has 0 spiro atoms. The van der Waals surface area contributed by atoms with E-state index in [1.54, 1.807) is 30.2 Å². The third-order valence-corrected chi connectivity index (χ3v) is 4.92. The summed E-state index contributed by atoms with van der Waals surface area (Å²) in [4.78, 5) is 27.0. The minimum absolute atomic E-state index is 0.0169. The maximum Gasteiger partial charge on any atom is 0.226 e. The lowest BCUT2D eigenvalue weighted by Gasteiger charge is -2.26. The molecule has 0 radical (unpaired) electrons. The minimum Gasteiger partial charge on any atom is -0.344 e. The normalized spacial score (nSPS) is 12.8. The van der Waals surface area contributed by atoms with Crippen LogP contribution in [0.4, 0.5) is 0 Å². The number of allylic oxidation sites excluding steroid dienone is 1. The Morgan fingerprint density at radius 1 is 1.14 bits per heavy atom. The number of carbonyl (C=O) groups is 2. The van der Waals surface area contributed by atoms with Gasteiger partial charge in [0.25, 0.3) is 0 Å². The van der Waals surface area contributed by atoms with Gasteiger partial charge in [-0.25, -0.2) is 0 Å². The van der Waals surface area contributed by atoms with Gasteiger partial charge in [-0.2, -0.15) is 0 Å². The Hall–Kier alpha value is -2.43. The van der Waals surface area contributed by atoms with Crippen LogP contribution in [0, 0.1) is 5.92 Å². The van der Waals surface area contributed by atoms with Gasteiger partial charge in [-0.15, -0.1) is 6.58 Å². The van der Waals surface area contributed by atoms with Gasteiger partial charge in [0.15, 0.2) is 0 Å². The van der Waals surface area contributed by atoms with Crippen LogP contribution in [-0.4, -0.2) is 30.2 Å². The molecule has 4 nitrogen and oxygen atoms in total. The van der Waals surface area contributed by atoms with Crippen LogP contribution in [0.2, 0.25) is 5.02 Å². The molecule has 0 heterocycles. The molecule has 2 aromatic carbocycles. The van der Waals surface area contributed by atoms with Gasteiger partial charge in [0.1, 0.15) is 5.78 Å². The molecule has 0 saturated heterocycles. The molecule has 0 fully saturated rings. The predicted octanol–water partition coefficient (Wildman–Crippen LogP) is 4.19. The van der Waals surface area contributed by atoms with E-state index in [9.17, 15) is 9.59 Å². The van der Waals surface area contributed by atoms with E-state index >= 15 is 0 Å². The highest BCUT2D eigenvalue weighted by atomic mass is 35.5. The van der Waals surface area contributed by atoms with E-state index in [2.05, 4.69) is 6.58 Å². The van der Waals surface area contributed by atoms with Crippen LogP contribution in [-0.2, 0) is 16.0 Å². The number of nitrogens with two attached hydrogens (primary N) is 1. The van der Waals surface area contributed by atoms with Crippen molar-refractivity contribution >= 4 is 23.3 Å². The molecule has 5 heteroatoms. The van der Waals surface area contributed by atoms with Crippen molar-refractivity contribution in [2.24, 2.45) is 11.7 Å². The first-order valence-corrected chi connectivity index (χ1v) is 9.71. The van der Waals surface area contributed by atoms with Crippen molar-refractivity contribution in [1.82, 2.24) is 4.90 Å². The molecule has 0 aliphatic carbocycles. The zero-order valence-corrected chi connectivity index (χ0v) is 16.9. The zero-order chi connectivity index (χ0) is 20.5. The lowest BCUT2D eigenvalue weighted by molar-refractivity contribution is -0.136. The van der Waals surface area contributed by atoms with E-state index in [1.807, 2.05) is 42.5 Å². The van der Waals surface area contributed by atoms with Gasteiger partial charge in [-0.1, -0.05) is 60.1 Å². The lowest BCUT2D eigenvalue weighted by Crippen LogP contribution is -2.38. The molecule has 0 aliphatic rings. The molecule has 0 saturated carbocycles. The summed E-state index contributed by atoms with van der Waals surface area (Å²) in [7, 11) is 1.73. The predicted molar refractivity (Wildman–Crippen MR) is 114 cm³/mol. The standard InChI is InChI=1S/C23H27ClN2O2/c1-3-7-19(15-21(27)14-17-10-12-20(24)13-11-17)23(28)26(2)16-22(25)18-8-5-4-6-9-18/h3-6,8-13,19,22H,1,7,14-16,25H2,2H3/t19-,22+/m0/s1. The summed E-state index contributed by atoms with van der Waals surface area (Å²) >= 11 is 5.88. The number of nitrogens with zero attached hydrogens (tertiary/aromatic N) is 1. The highest BCUT2D eigenvalue weighted by Gasteiger charge is 2.25. The number of amides is 1. The Balaban J connectivity index is 1.96. The van der Waals surface area contributed by atoms with Gasteiger partial charge in [0.2, 0.25) is 5.91 Å². The van der Waals surface area contributed by atoms with Crippen LogP contribution in [0.15, 0.2) is 67.3 Å². The Bertz CT molecular complexity index is 790. The Morgan fingerprint density at radius 3 is 2.39 bits per heavy atom. The topological polar surface area (TPSA) is 63.4 Å². The van der Waals surface area contributed by atoms with Gasteiger partial charge in [-0.3, -0.25) is 9.59 Å². The third kappa shape index (κ3) is 6.63. The van der Waals surface area contributed by atoms with E-state index in [0.717, 1.165) is 11.1 Å². The van der Waals surface area contributed by atoms with Crippen molar-refractivity contribution in [3.05, 3.63) is 83.4 Å². The first-order chi connectivity index (χ1) is 13.4. The van der Waals surface area contributed by atoms with Crippen molar-refractivity contribution in [1.29, 1.82) is 0 Å². The van der Waals surface area contributed by atoms with Crippen LogP contribution in [0.3, 0.4) is 0 Å². The molecular formula is C23H27ClN2O2. The maximum absolute atomic E-state index is 12.9. The second-order valence-corrected chi connectivity index (χ2v) is 7.44. The number of benzene rings is 2. The second-order valence-electron chi connectivity index (χ2n) is 7.00. The molecule has 2 atom stereocenters. The summed E-state index contributed by atoms with van der Waals surface area (Å²) in [6, 6.07) is 16.6. The average Bonchev–Trinajstić information content (AvgIpc) is 2.69. The van der Waals surface area contributed by atoms with Crippen molar-refractivity contribution in [2.75, 3.05) is 13.6 Å².